The van der Waals surface area contributed by atoms with Crippen molar-refractivity contribution in [1.82, 2.24) is 19.5 Å². The fourth-order valence-corrected chi connectivity index (χ4v) is 1.73. The fraction of sp³-hybridized carbons (Fsp3) is 0.364. The van der Waals surface area contributed by atoms with Crippen LogP contribution in [-0.2, 0) is 13.0 Å². The van der Waals surface area contributed by atoms with Crippen LogP contribution in [-0.4, -0.2) is 19.5 Å². The van der Waals surface area contributed by atoms with Crippen LogP contribution < -0.4 is 0 Å². The molecule has 0 aromatic carbocycles. The molecule has 84 valence electrons. The lowest BCUT2D eigenvalue weighted by Crippen LogP contribution is -2.05. The molecule has 0 N–H and O–H groups in total. The second-order valence-corrected chi connectivity index (χ2v) is 3.91. The molecule has 16 heavy (non-hydrogen) atoms. The van der Waals surface area contributed by atoms with Gasteiger partial charge in [-0.15, -0.1) is 0 Å². The summed E-state index contributed by atoms with van der Waals surface area (Å²) >= 11 is 5.78. The molecule has 0 spiro atoms. The molecule has 2 rings (SSSR count). The predicted molar refractivity (Wildman–Crippen MR) is 62.5 cm³/mol. The maximum absolute atomic E-state index is 5.78. The van der Waals surface area contributed by atoms with Gasteiger partial charge in [-0.2, -0.15) is 0 Å². The Morgan fingerprint density at radius 2 is 2.19 bits per heavy atom. The lowest BCUT2D eigenvalue weighted by molar-refractivity contribution is 0.706. The Labute approximate surface area is 99.3 Å². The molecule has 0 saturated carbocycles. The predicted octanol–water partition coefficient (Wildman–Crippen LogP) is 2.25. The minimum Gasteiger partial charge on any atom is -0.335 e. The van der Waals surface area contributed by atoms with Gasteiger partial charge in [0.05, 0.1) is 5.69 Å². The topological polar surface area (TPSA) is 43.6 Å². The molecule has 0 fully saturated rings. The number of aryl methyl sites for hydroxylation is 2. The van der Waals surface area contributed by atoms with Crippen LogP contribution in [0, 0.1) is 6.92 Å². The summed E-state index contributed by atoms with van der Waals surface area (Å²) < 4.78 is 2.09. The van der Waals surface area contributed by atoms with Crippen LogP contribution in [0.15, 0.2) is 18.6 Å². The van der Waals surface area contributed by atoms with E-state index in [1.165, 1.54) is 0 Å². The highest BCUT2D eigenvalue weighted by Gasteiger charge is 2.07. The van der Waals surface area contributed by atoms with Gasteiger partial charge in [0.1, 0.15) is 5.82 Å². The number of imidazole rings is 1. The van der Waals surface area contributed by atoms with Gasteiger partial charge >= 0.3 is 0 Å². The van der Waals surface area contributed by atoms with E-state index in [2.05, 4.69) is 26.4 Å². The minimum absolute atomic E-state index is 0.287. The third-order valence-corrected chi connectivity index (χ3v) is 2.70. The first-order valence-electron chi connectivity index (χ1n) is 5.18. The third-order valence-electron chi connectivity index (χ3n) is 2.52. The van der Waals surface area contributed by atoms with Crippen molar-refractivity contribution in [3.05, 3.63) is 41.0 Å². The van der Waals surface area contributed by atoms with Crippen molar-refractivity contribution < 1.29 is 0 Å². The maximum Gasteiger partial charge on any atom is 0.222 e. The van der Waals surface area contributed by atoms with Crippen molar-refractivity contribution in [2.75, 3.05) is 0 Å². The van der Waals surface area contributed by atoms with E-state index >= 15 is 0 Å². The summed E-state index contributed by atoms with van der Waals surface area (Å²) in [5, 5.41) is 0.287. The van der Waals surface area contributed by atoms with Crippen molar-refractivity contribution in [1.29, 1.82) is 0 Å². The zero-order chi connectivity index (χ0) is 11.5. The van der Waals surface area contributed by atoms with Crippen LogP contribution in [0.25, 0.3) is 0 Å². The summed E-state index contributed by atoms with van der Waals surface area (Å²) in [7, 11) is 0. The largest absolute Gasteiger partial charge is 0.335 e. The Bertz CT molecular complexity index is 492. The highest BCUT2D eigenvalue weighted by atomic mass is 35.5. The molecule has 0 unspecified atom stereocenters. The Balaban J connectivity index is 2.30. The number of nitrogens with zero attached hydrogens (tertiary/aromatic N) is 4. The molecule has 0 saturated heterocycles. The monoisotopic (exact) mass is 236 g/mol. The lowest BCUT2D eigenvalue weighted by atomic mass is 10.2. The molecular weight excluding hydrogens is 224 g/mol. The number of aromatic nitrogens is 4. The molecule has 0 bridgehead atoms. The highest BCUT2D eigenvalue weighted by molar-refractivity contribution is 6.28. The van der Waals surface area contributed by atoms with Gasteiger partial charge in [0.15, 0.2) is 0 Å². The molecule has 2 aromatic heterocycles. The molecule has 0 aliphatic heterocycles. The van der Waals surface area contributed by atoms with E-state index < -0.39 is 0 Å². The van der Waals surface area contributed by atoms with Crippen molar-refractivity contribution in [2.24, 2.45) is 0 Å². The number of hydrogen-bond donors (Lipinski definition) is 0. The quantitative estimate of drug-likeness (QED) is 0.768. The zero-order valence-corrected chi connectivity index (χ0v) is 10.1. The van der Waals surface area contributed by atoms with Crippen LogP contribution >= 0.6 is 11.6 Å². The lowest BCUT2D eigenvalue weighted by Gasteiger charge is -2.06. The summed E-state index contributed by atoms with van der Waals surface area (Å²) in [5.41, 5.74) is 1.97. The van der Waals surface area contributed by atoms with Gasteiger partial charge < -0.3 is 4.57 Å². The average Bonchev–Trinajstić information content (AvgIpc) is 2.71. The average molecular weight is 237 g/mol. The van der Waals surface area contributed by atoms with E-state index in [0.29, 0.717) is 6.42 Å². The van der Waals surface area contributed by atoms with Crippen molar-refractivity contribution >= 4 is 11.6 Å². The van der Waals surface area contributed by atoms with E-state index in [1.54, 1.807) is 12.4 Å². The normalized spacial score (nSPS) is 10.7. The SMILES string of the molecule is CCn1ccnc1Cc1nc(Cl)ncc1C. The smallest absolute Gasteiger partial charge is 0.222 e. The van der Waals surface area contributed by atoms with E-state index in [-0.39, 0.29) is 5.28 Å². The molecule has 2 heterocycles. The molecule has 0 amide bonds. The molecule has 0 radical (unpaired) electrons. The van der Waals surface area contributed by atoms with Gasteiger partial charge in [0.2, 0.25) is 5.28 Å². The van der Waals surface area contributed by atoms with Crippen LogP contribution in [0.3, 0.4) is 0 Å². The zero-order valence-electron chi connectivity index (χ0n) is 9.31. The van der Waals surface area contributed by atoms with Crippen LogP contribution in [0.1, 0.15) is 24.0 Å². The molecule has 0 aliphatic rings. The first-order chi connectivity index (χ1) is 7.70. The number of hydrogen-bond acceptors (Lipinski definition) is 3. The minimum atomic E-state index is 0.287. The first kappa shape index (κ1) is 11.1. The summed E-state index contributed by atoms with van der Waals surface area (Å²) in [5.74, 6) is 1.00. The van der Waals surface area contributed by atoms with E-state index in [9.17, 15) is 0 Å². The molecule has 2 aromatic rings. The number of halogens is 1. The third kappa shape index (κ3) is 2.22. The second kappa shape index (κ2) is 4.61. The Hall–Kier alpha value is -1.42. The summed E-state index contributed by atoms with van der Waals surface area (Å²) in [4.78, 5) is 12.5. The maximum atomic E-state index is 5.78. The van der Waals surface area contributed by atoms with Crippen molar-refractivity contribution in [3.63, 3.8) is 0 Å². The van der Waals surface area contributed by atoms with Gasteiger partial charge in [-0.3, -0.25) is 0 Å². The molecule has 0 aliphatic carbocycles. The van der Waals surface area contributed by atoms with Gasteiger partial charge in [0.25, 0.3) is 0 Å². The van der Waals surface area contributed by atoms with Crippen molar-refractivity contribution in [3.8, 4) is 0 Å². The van der Waals surface area contributed by atoms with Gasteiger partial charge in [-0.05, 0) is 31.0 Å². The second-order valence-electron chi connectivity index (χ2n) is 3.58. The van der Waals surface area contributed by atoms with Crippen molar-refractivity contribution in [2.45, 2.75) is 26.8 Å². The Morgan fingerprint density at radius 1 is 1.38 bits per heavy atom. The Morgan fingerprint density at radius 3 is 2.94 bits per heavy atom. The Kier molecular flexibility index (Phi) is 3.19. The van der Waals surface area contributed by atoms with Crippen LogP contribution in [0.4, 0.5) is 0 Å². The fourth-order valence-electron chi connectivity index (χ4n) is 1.58. The molecule has 5 heteroatoms. The highest BCUT2D eigenvalue weighted by Crippen LogP contribution is 2.12. The van der Waals surface area contributed by atoms with Gasteiger partial charge in [0, 0.05) is 31.6 Å². The molecular formula is C11H13ClN4. The first-order valence-corrected chi connectivity index (χ1v) is 5.56. The molecule has 0 atom stereocenters. The summed E-state index contributed by atoms with van der Waals surface area (Å²) in [6.45, 7) is 4.98. The standard InChI is InChI=1S/C11H13ClN4/c1-3-16-5-4-13-10(16)6-9-8(2)7-14-11(12)15-9/h4-5,7H,3,6H2,1-2H3. The van der Waals surface area contributed by atoms with E-state index in [4.69, 9.17) is 11.6 Å². The van der Waals surface area contributed by atoms with E-state index in [0.717, 1.165) is 23.6 Å². The molecule has 4 nitrogen and oxygen atoms in total. The van der Waals surface area contributed by atoms with E-state index in [1.807, 2.05) is 13.1 Å². The van der Waals surface area contributed by atoms with Crippen LogP contribution in [0.2, 0.25) is 5.28 Å². The summed E-state index contributed by atoms with van der Waals surface area (Å²) in [6.07, 6.45) is 6.20. The van der Waals surface area contributed by atoms with Crippen LogP contribution in [0.5, 0.6) is 0 Å². The summed E-state index contributed by atoms with van der Waals surface area (Å²) in [6, 6.07) is 0. The number of rotatable bonds is 3. The van der Waals surface area contributed by atoms with Gasteiger partial charge in [-0.1, -0.05) is 0 Å². The van der Waals surface area contributed by atoms with Gasteiger partial charge in [-0.25, -0.2) is 15.0 Å².